The standard InChI is InChI=1S/C51H70O7Si/c1-6-7-8-9-10-11-15-24-31-44(52)46-33-35-48(56-46)49-36-34-47(57-49)45(53)32-25-16-13-12-14-19-26-41(38-40-37-39(2)55-50(40)54)58-59(51(3,4)5,42-27-20-17-21-28-42)43-29-22-18-23-30-43/h12-13,17-18,20-23,27-30,37,39,41,44-49,52-53H,6-11,14,19,26,31-36,38H2,1-5H3/b13-12+/t39-,41-,44+,45+,46+,47+,48+,49+/m0/s1. The highest BCUT2D eigenvalue weighted by Crippen LogP contribution is 2.39. The van der Waals surface area contributed by atoms with Gasteiger partial charge in [-0.25, -0.2) is 4.79 Å². The Labute approximate surface area is 356 Å². The molecule has 0 aliphatic carbocycles. The van der Waals surface area contributed by atoms with Gasteiger partial charge in [0.2, 0.25) is 0 Å². The first-order valence-electron chi connectivity index (χ1n) is 22.5. The van der Waals surface area contributed by atoms with Crippen LogP contribution in [0, 0.1) is 23.7 Å². The van der Waals surface area contributed by atoms with Crippen molar-refractivity contribution in [1.29, 1.82) is 0 Å². The van der Waals surface area contributed by atoms with Crippen molar-refractivity contribution in [3.63, 3.8) is 0 Å². The first-order valence-corrected chi connectivity index (χ1v) is 24.4. The zero-order valence-corrected chi connectivity index (χ0v) is 37.4. The largest absolute Gasteiger partial charge is 0.455 e. The van der Waals surface area contributed by atoms with Gasteiger partial charge in [-0.3, -0.25) is 0 Å². The van der Waals surface area contributed by atoms with Crippen LogP contribution in [0.3, 0.4) is 0 Å². The Balaban J connectivity index is 1.09. The molecule has 2 fully saturated rings. The normalized spacial score (nSPS) is 23.5. The second kappa shape index (κ2) is 23.5. The molecular weight excluding hydrogens is 753 g/mol. The minimum Gasteiger partial charge on any atom is -0.455 e. The molecule has 3 heterocycles. The molecule has 2 aromatic rings. The highest BCUT2D eigenvalue weighted by molar-refractivity contribution is 6.99. The zero-order chi connectivity index (χ0) is 42.1. The van der Waals surface area contributed by atoms with Gasteiger partial charge in [-0.1, -0.05) is 132 Å². The van der Waals surface area contributed by atoms with Crippen LogP contribution in [0.15, 0.2) is 84.5 Å². The first-order chi connectivity index (χ1) is 28.5. The lowest BCUT2D eigenvalue weighted by Gasteiger charge is -2.45. The molecule has 3 aliphatic rings. The molecule has 0 radical (unpaired) electrons. The summed E-state index contributed by atoms with van der Waals surface area (Å²) in [6.07, 6.45) is 17.7. The monoisotopic (exact) mass is 822 g/mol. The van der Waals surface area contributed by atoms with Crippen molar-refractivity contribution in [2.75, 3.05) is 0 Å². The summed E-state index contributed by atoms with van der Waals surface area (Å²) in [7, 11) is -2.84. The van der Waals surface area contributed by atoms with E-state index in [-0.39, 0.29) is 47.6 Å². The minimum absolute atomic E-state index is 0.0615. The van der Waals surface area contributed by atoms with Crippen LogP contribution < -0.4 is 10.4 Å². The van der Waals surface area contributed by atoms with Crippen LogP contribution in [0.5, 0.6) is 0 Å². The van der Waals surface area contributed by atoms with Gasteiger partial charge in [0.15, 0.2) is 0 Å². The number of hydrogen-bond donors (Lipinski definition) is 2. The van der Waals surface area contributed by atoms with Crippen molar-refractivity contribution in [3.05, 3.63) is 84.5 Å². The highest BCUT2D eigenvalue weighted by atomic mass is 28.4. The number of cyclic esters (lactones) is 1. The minimum atomic E-state index is -2.84. The lowest BCUT2D eigenvalue weighted by molar-refractivity contribution is -0.139. The number of carbonyl (C=O) groups excluding carboxylic acids is 1. The highest BCUT2D eigenvalue weighted by Gasteiger charge is 2.51. The van der Waals surface area contributed by atoms with E-state index >= 15 is 0 Å². The first kappa shape index (κ1) is 46.6. The van der Waals surface area contributed by atoms with E-state index in [2.05, 4.69) is 106 Å². The predicted octanol–water partition coefficient (Wildman–Crippen LogP) is 8.88. The molecule has 2 N–H and O–H groups in total. The van der Waals surface area contributed by atoms with E-state index in [1.807, 2.05) is 31.2 Å². The summed E-state index contributed by atoms with van der Waals surface area (Å²) in [6, 6.07) is 21.2. The van der Waals surface area contributed by atoms with Gasteiger partial charge >= 0.3 is 5.97 Å². The van der Waals surface area contributed by atoms with E-state index in [1.165, 1.54) is 36.1 Å². The molecule has 3 aliphatic heterocycles. The SMILES string of the molecule is CCCCCCCC#CC[C@@H](O)[C@H]1CC[C@H]([C@H]2CC[C@H]([C@H](O)CC#C/C=C/CCC[C@@H](CC3=C[C@H](C)OC3=O)O[Si](c3ccccc3)(c3ccccc3)C(C)(C)C)O2)O1. The molecule has 59 heavy (non-hydrogen) atoms. The van der Waals surface area contributed by atoms with Crippen LogP contribution in [0.1, 0.15) is 137 Å². The number of aliphatic hydroxyl groups excluding tert-OH is 2. The third kappa shape index (κ3) is 13.5. The lowest BCUT2D eigenvalue weighted by Crippen LogP contribution is -2.67. The Morgan fingerprint density at radius 1 is 0.814 bits per heavy atom. The lowest BCUT2D eigenvalue weighted by atomic mass is 10.0. The quantitative estimate of drug-likeness (QED) is 0.0597. The van der Waals surface area contributed by atoms with Gasteiger partial charge in [0.1, 0.15) is 6.10 Å². The Morgan fingerprint density at radius 3 is 1.97 bits per heavy atom. The van der Waals surface area contributed by atoms with Crippen molar-refractivity contribution in [2.24, 2.45) is 0 Å². The van der Waals surface area contributed by atoms with Crippen molar-refractivity contribution in [2.45, 2.75) is 191 Å². The number of allylic oxidation sites excluding steroid dienone is 2. The summed E-state index contributed by atoms with van der Waals surface area (Å²) in [5.41, 5.74) is 0.691. The summed E-state index contributed by atoms with van der Waals surface area (Å²) in [4.78, 5) is 12.8. The Kier molecular flexibility index (Phi) is 18.6. The van der Waals surface area contributed by atoms with E-state index in [9.17, 15) is 15.0 Å². The number of rotatable bonds is 20. The van der Waals surface area contributed by atoms with Gasteiger partial charge in [-0.05, 0) is 85.9 Å². The van der Waals surface area contributed by atoms with Crippen LogP contribution in [0.2, 0.25) is 5.04 Å². The predicted molar refractivity (Wildman–Crippen MR) is 240 cm³/mol. The third-order valence-corrected chi connectivity index (χ3v) is 17.1. The smallest absolute Gasteiger partial charge is 0.334 e. The van der Waals surface area contributed by atoms with Crippen LogP contribution in [-0.4, -0.2) is 73.3 Å². The van der Waals surface area contributed by atoms with E-state index in [0.29, 0.717) is 24.8 Å². The summed E-state index contributed by atoms with van der Waals surface area (Å²) in [5, 5.41) is 23.9. The Morgan fingerprint density at radius 2 is 1.41 bits per heavy atom. The molecule has 2 saturated heterocycles. The van der Waals surface area contributed by atoms with Gasteiger partial charge in [0.05, 0.1) is 42.7 Å². The molecule has 0 saturated carbocycles. The van der Waals surface area contributed by atoms with Gasteiger partial charge in [-0.2, -0.15) is 0 Å². The topological polar surface area (TPSA) is 94.5 Å². The van der Waals surface area contributed by atoms with Gasteiger partial charge in [0.25, 0.3) is 8.32 Å². The fraction of sp³-hybridized carbons (Fsp3) is 0.588. The van der Waals surface area contributed by atoms with Crippen LogP contribution in [0.25, 0.3) is 0 Å². The molecule has 320 valence electrons. The molecule has 5 rings (SSSR count). The molecule has 2 aromatic carbocycles. The van der Waals surface area contributed by atoms with Gasteiger partial charge in [-0.15, -0.1) is 11.8 Å². The van der Waals surface area contributed by atoms with Crippen molar-refractivity contribution in [3.8, 4) is 23.7 Å². The molecule has 0 aromatic heterocycles. The number of benzene rings is 2. The van der Waals surface area contributed by atoms with Crippen molar-refractivity contribution >= 4 is 24.7 Å². The van der Waals surface area contributed by atoms with E-state index < -0.39 is 20.5 Å². The number of hydrogen-bond acceptors (Lipinski definition) is 7. The number of esters is 1. The second-order valence-corrected chi connectivity index (χ2v) is 22.0. The molecule has 0 amide bonds. The number of unbranched alkanes of at least 4 members (excludes halogenated alkanes) is 6. The summed E-state index contributed by atoms with van der Waals surface area (Å²) < 4.78 is 25.5. The van der Waals surface area contributed by atoms with Gasteiger partial charge < -0.3 is 28.8 Å². The summed E-state index contributed by atoms with van der Waals surface area (Å²) >= 11 is 0. The van der Waals surface area contributed by atoms with Crippen LogP contribution in [0.4, 0.5) is 0 Å². The van der Waals surface area contributed by atoms with E-state index in [0.717, 1.165) is 57.8 Å². The fourth-order valence-corrected chi connectivity index (χ4v) is 13.6. The van der Waals surface area contributed by atoms with E-state index in [4.69, 9.17) is 18.6 Å². The Bertz CT molecular complexity index is 1720. The average molecular weight is 823 g/mol. The van der Waals surface area contributed by atoms with Gasteiger partial charge in [0, 0.05) is 31.3 Å². The Hall–Kier alpha value is -3.47. The molecule has 8 atom stereocenters. The molecule has 0 unspecified atom stereocenters. The molecule has 8 heteroatoms. The number of carbonyl (C=O) groups is 1. The zero-order valence-electron chi connectivity index (χ0n) is 36.4. The fourth-order valence-electron chi connectivity index (χ4n) is 8.83. The van der Waals surface area contributed by atoms with Crippen LogP contribution >= 0.6 is 0 Å². The maximum absolute atomic E-state index is 12.8. The molecule has 0 bridgehead atoms. The molecule has 7 nitrogen and oxygen atoms in total. The van der Waals surface area contributed by atoms with Crippen LogP contribution in [-0.2, 0) is 23.4 Å². The van der Waals surface area contributed by atoms with Crippen molar-refractivity contribution < 1.29 is 33.6 Å². The maximum atomic E-state index is 12.8. The summed E-state index contributed by atoms with van der Waals surface area (Å²) in [6.45, 7) is 10.9. The number of ether oxygens (including phenoxy) is 3. The second-order valence-electron chi connectivity index (χ2n) is 17.7. The maximum Gasteiger partial charge on any atom is 0.334 e. The molecule has 0 spiro atoms. The van der Waals surface area contributed by atoms with E-state index in [1.54, 1.807) is 0 Å². The summed E-state index contributed by atoms with van der Waals surface area (Å²) in [5.74, 6) is 12.4. The average Bonchev–Trinajstić information content (AvgIpc) is 3.99. The van der Waals surface area contributed by atoms with Crippen molar-refractivity contribution in [1.82, 2.24) is 0 Å². The third-order valence-electron chi connectivity index (χ3n) is 12.0. The molecular formula is C51H70O7Si. The number of aliphatic hydroxyl groups is 2.